The van der Waals surface area contributed by atoms with Gasteiger partial charge in [0, 0.05) is 4.47 Å². The lowest BCUT2D eigenvalue weighted by Crippen LogP contribution is -2.20. The average molecular weight is 251 g/mol. The summed E-state index contributed by atoms with van der Waals surface area (Å²) in [6.45, 7) is 8.79. The summed E-state index contributed by atoms with van der Waals surface area (Å²) in [5, 5.41) is 0. The number of hydrogen-bond acceptors (Lipinski definition) is 0. The number of aryl methyl sites for hydroxylation is 1. The molecule has 0 nitrogen and oxygen atoms in total. The summed E-state index contributed by atoms with van der Waals surface area (Å²) < 4.78 is 1.19. The predicted molar refractivity (Wildman–Crippen MR) is 65.3 cm³/mol. The van der Waals surface area contributed by atoms with Crippen LogP contribution in [0.15, 0.2) is 29.3 Å². The van der Waals surface area contributed by atoms with Crippen molar-refractivity contribution in [3.05, 3.63) is 40.4 Å². The Bertz CT molecular complexity index is 388. The van der Waals surface area contributed by atoms with Crippen LogP contribution in [0.4, 0.5) is 0 Å². The first-order valence-electron chi connectivity index (χ1n) is 4.99. The molecule has 0 heterocycles. The summed E-state index contributed by atoms with van der Waals surface area (Å²) in [5.41, 5.74) is 4.29. The molecule has 1 aliphatic carbocycles. The van der Waals surface area contributed by atoms with E-state index < -0.39 is 0 Å². The molecule has 0 amide bonds. The van der Waals surface area contributed by atoms with Crippen molar-refractivity contribution < 1.29 is 0 Å². The van der Waals surface area contributed by atoms with Crippen molar-refractivity contribution in [3.63, 3.8) is 0 Å². The number of benzene rings is 1. The Balaban J connectivity index is 2.60. The van der Waals surface area contributed by atoms with Crippen LogP contribution in [-0.2, 0) is 6.42 Å². The van der Waals surface area contributed by atoms with Gasteiger partial charge in [0.05, 0.1) is 0 Å². The lowest BCUT2D eigenvalue weighted by molar-refractivity contribution is 0.444. The highest BCUT2D eigenvalue weighted by Crippen LogP contribution is 2.45. The van der Waals surface area contributed by atoms with E-state index >= 15 is 0 Å². The molecule has 2 rings (SSSR count). The summed E-state index contributed by atoms with van der Waals surface area (Å²) in [6.07, 6.45) is 2.37. The van der Waals surface area contributed by atoms with Gasteiger partial charge in [-0.2, -0.15) is 0 Å². The Hall–Kier alpha value is -0.560. The summed E-state index contributed by atoms with van der Waals surface area (Å²) in [6, 6.07) is 6.42. The maximum Gasteiger partial charge on any atom is 0.0253 e. The van der Waals surface area contributed by atoms with E-state index in [-0.39, 0.29) is 5.41 Å². The average Bonchev–Trinajstić information content (AvgIpc) is 2.12. The Morgan fingerprint density at radius 3 is 2.79 bits per heavy atom. The number of hydrogen-bond donors (Lipinski definition) is 0. The smallest absolute Gasteiger partial charge is 0.0253 e. The van der Waals surface area contributed by atoms with E-state index in [1.807, 2.05) is 0 Å². The molecular weight excluding hydrogens is 236 g/mol. The van der Waals surface area contributed by atoms with Crippen LogP contribution in [0.5, 0.6) is 0 Å². The fourth-order valence-corrected chi connectivity index (χ4v) is 2.70. The Kier molecular flexibility index (Phi) is 2.30. The first-order valence-corrected chi connectivity index (χ1v) is 5.79. The fraction of sp³-hybridized carbons (Fsp3) is 0.385. The third-order valence-electron chi connectivity index (χ3n) is 3.24. The van der Waals surface area contributed by atoms with Crippen molar-refractivity contribution >= 4 is 21.5 Å². The minimum absolute atomic E-state index is 0.247. The normalized spacial score (nSPS) is 19.2. The second kappa shape index (κ2) is 3.23. The molecule has 0 N–H and O–H groups in total. The van der Waals surface area contributed by atoms with Crippen molar-refractivity contribution in [3.8, 4) is 0 Å². The van der Waals surface area contributed by atoms with Crippen LogP contribution in [-0.4, -0.2) is 0 Å². The first kappa shape index (κ1) is 9.97. The fourth-order valence-electron chi connectivity index (χ4n) is 2.05. The van der Waals surface area contributed by atoms with E-state index in [0.29, 0.717) is 0 Å². The molecule has 0 fully saturated rings. The molecule has 0 aromatic heterocycles. The van der Waals surface area contributed by atoms with Gasteiger partial charge in [-0.1, -0.05) is 48.5 Å². The van der Waals surface area contributed by atoms with Gasteiger partial charge in [-0.15, -0.1) is 0 Å². The van der Waals surface area contributed by atoms with Crippen molar-refractivity contribution in [2.45, 2.75) is 26.7 Å². The molecule has 1 aromatic rings. The number of halogens is 1. The molecule has 0 spiro atoms. The van der Waals surface area contributed by atoms with Crippen molar-refractivity contribution in [1.29, 1.82) is 0 Å². The zero-order valence-electron chi connectivity index (χ0n) is 8.73. The van der Waals surface area contributed by atoms with E-state index in [1.54, 1.807) is 0 Å². The molecule has 74 valence electrons. The van der Waals surface area contributed by atoms with Crippen molar-refractivity contribution in [2.24, 2.45) is 5.41 Å². The van der Waals surface area contributed by atoms with Gasteiger partial charge in [-0.3, -0.25) is 0 Å². The Morgan fingerprint density at radius 2 is 2.07 bits per heavy atom. The van der Waals surface area contributed by atoms with Crippen molar-refractivity contribution in [2.75, 3.05) is 0 Å². The summed E-state index contributed by atoms with van der Waals surface area (Å²) in [5.74, 6) is 0. The van der Waals surface area contributed by atoms with Gasteiger partial charge in [0.2, 0.25) is 0 Å². The molecule has 14 heavy (non-hydrogen) atoms. The topological polar surface area (TPSA) is 0 Å². The number of rotatable bonds is 0. The van der Waals surface area contributed by atoms with Crippen LogP contribution in [0.2, 0.25) is 0 Å². The Labute approximate surface area is 94.2 Å². The summed E-state index contributed by atoms with van der Waals surface area (Å²) in [7, 11) is 0. The third-order valence-corrected chi connectivity index (χ3v) is 3.90. The molecule has 0 aliphatic heterocycles. The van der Waals surface area contributed by atoms with Gasteiger partial charge in [0.15, 0.2) is 0 Å². The zero-order valence-corrected chi connectivity index (χ0v) is 10.3. The monoisotopic (exact) mass is 250 g/mol. The van der Waals surface area contributed by atoms with Gasteiger partial charge in [0.25, 0.3) is 0 Å². The maximum atomic E-state index is 4.24. The van der Waals surface area contributed by atoms with Gasteiger partial charge in [0.1, 0.15) is 0 Å². The summed E-state index contributed by atoms with van der Waals surface area (Å²) >= 11 is 3.61. The highest BCUT2D eigenvalue weighted by Gasteiger charge is 2.29. The van der Waals surface area contributed by atoms with Gasteiger partial charge in [-0.25, -0.2) is 0 Å². The van der Waals surface area contributed by atoms with Crippen LogP contribution in [0.1, 0.15) is 31.4 Å². The quantitative estimate of drug-likeness (QED) is 0.639. The standard InChI is InChI=1S/C13H15Br/c1-9-12-10(5-4-6-11(12)14)7-8-13(9,2)3/h4-6H,1,7-8H2,2-3H3. The molecule has 0 unspecified atom stereocenters. The molecule has 0 saturated heterocycles. The summed E-state index contributed by atoms with van der Waals surface area (Å²) in [4.78, 5) is 0. The van der Waals surface area contributed by atoms with Gasteiger partial charge in [-0.05, 0) is 41.0 Å². The SMILES string of the molecule is C=C1c2c(Br)cccc2CCC1(C)C. The molecule has 1 heteroatoms. The second-order valence-corrected chi connectivity index (χ2v) is 5.49. The molecule has 0 bridgehead atoms. The van der Waals surface area contributed by atoms with Crippen LogP contribution in [0.25, 0.3) is 5.57 Å². The van der Waals surface area contributed by atoms with Crippen molar-refractivity contribution in [1.82, 2.24) is 0 Å². The third kappa shape index (κ3) is 1.44. The second-order valence-electron chi connectivity index (χ2n) is 4.64. The molecule has 0 saturated carbocycles. The highest BCUT2D eigenvalue weighted by molar-refractivity contribution is 9.10. The molecule has 1 aliphatic rings. The van der Waals surface area contributed by atoms with E-state index in [0.717, 1.165) is 0 Å². The predicted octanol–water partition coefficient (Wildman–Crippen LogP) is 4.43. The van der Waals surface area contributed by atoms with Crippen LogP contribution in [0.3, 0.4) is 0 Å². The van der Waals surface area contributed by atoms with Crippen LogP contribution < -0.4 is 0 Å². The van der Waals surface area contributed by atoms with Crippen LogP contribution in [0, 0.1) is 5.41 Å². The van der Waals surface area contributed by atoms with Gasteiger partial charge >= 0.3 is 0 Å². The zero-order chi connectivity index (χ0) is 10.3. The largest absolute Gasteiger partial charge is 0.0946 e. The minimum Gasteiger partial charge on any atom is -0.0946 e. The van der Waals surface area contributed by atoms with E-state index in [4.69, 9.17) is 0 Å². The number of allylic oxidation sites excluding steroid dienone is 1. The van der Waals surface area contributed by atoms with E-state index in [9.17, 15) is 0 Å². The number of fused-ring (bicyclic) bond motifs is 1. The van der Waals surface area contributed by atoms with E-state index in [1.165, 1.54) is 34.0 Å². The highest BCUT2D eigenvalue weighted by atomic mass is 79.9. The first-order chi connectivity index (χ1) is 6.52. The Morgan fingerprint density at radius 1 is 1.36 bits per heavy atom. The lowest BCUT2D eigenvalue weighted by Gasteiger charge is -2.34. The molecule has 1 aromatic carbocycles. The lowest BCUT2D eigenvalue weighted by atomic mass is 9.71. The molecule has 0 atom stereocenters. The van der Waals surface area contributed by atoms with Crippen LogP contribution >= 0.6 is 15.9 Å². The van der Waals surface area contributed by atoms with E-state index in [2.05, 4.69) is 54.6 Å². The van der Waals surface area contributed by atoms with Gasteiger partial charge < -0.3 is 0 Å². The molecular formula is C13H15Br. The molecule has 0 radical (unpaired) electrons. The maximum absolute atomic E-state index is 4.24. The minimum atomic E-state index is 0.247.